The lowest BCUT2D eigenvalue weighted by Crippen LogP contribution is -1.53. The molecule has 0 unspecified atom stereocenters. The standard InChI is InChI=1S/C8H6/c1-2-6-5-8(6)7-3-4-7/h2-5H,1H2. The molecular weight excluding hydrogens is 96.1 g/mol. The third kappa shape index (κ3) is 0.399. The Hall–Kier alpha value is -1.04. The van der Waals surface area contributed by atoms with Crippen LogP contribution >= 0.6 is 0 Å². The van der Waals surface area contributed by atoms with E-state index in [-0.39, 0.29) is 0 Å². The van der Waals surface area contributed by atoms with Crippen LogP contribution in [0, 0.1) is 0 Å². The first kappa shape index (κ1) is 3.90. The van der Waals surface area contributed by atoms with Gasteiger partial charge in [0.15, 0.2) is 0 Å². The lowest BCUT2D eigenvalue weighted by atomic mass is 10.3. The molecule has 0 N–H and O–H groups in total. The Morgan fingerprint density at radius 1 is 1.38 bits per heavy atom. The van der Waals surface area contributed by atoms with E-state index in [9.17, 15) is 0 Å². The van der Waals surface area contributed by atoms with E-state index in [0.29, 0.717) is 0 Å². The minimum atomic E-state index is 1.31. The Kier molecular flexibility index (Phi) is 0.500. The zero-order chi connectivity index (χ0) is 5.56. The van der Waals surface area contributed by atoms with Gasteiger partial charge < -0.3 is 0 Å². The van der Waals surface area contributed by atoms with E-state index >= 15 is 0 Å². The molecule has 0 radical (unpaired) electrons. The number of rotatable bonds is 1. The van der Waals surface area contributed by atoms with Crippen LogP contribution in [0.2, 0.25) is 0 Å². The summed E-state index contributed by atoms with van der Waals surface area (Å²) in [6.07, 6.45) is 8.26. The quantitative estimate of drug-likeness (QED) is 0.475. The first-order valence-electron chi connectivity index (χ1n) is 2.68. The van der Waals surface area contributed by atoms with Crippen molar-refractivity contribution in [2.24, 2.45) is 0 Å². The van der Waals surface area contributed by atoms with Crippen molar-refractivity contribution in [3.8, 4) is 0 Å². The van der Waals surface area contributed by atoms with Crippen LogP contribution in [0.1, 0.15) is 0 Å². The second-order valence-electron chi connectivity index (χ2n) is 2.01. The maximum atomic E-state index is 3.65. The molecule has 38 valence electrons. The molecule has 2 aliphatic carbocycles. The van der Waals surface area contributed by atoms with Crippen molar-refractivity contribution in [1.82, 2.24) is 0 Å². The van der Waals surface area contributed by atoms with Crippen molar-refractivity contribution in [1.29, 1.82) is 0 Å². The average Bonchev–Trinajstić information content (AvgIpc) is 2.62. The van der Waals surface area contributed by atoms with Crippen molar-refractivity contribution in [2.45, 2.75) is 0 Å². The fourth-order valence-corrected chi connectivity index (χ4v) is 0.760. The Labute approximate surface area is 48.5 Å². The molecule has 0 heteroatoms. The molecule has 0 nitrogen and oxygen atoms in total. The molecule has 0 heterocycles. The number of hydrogen-bond donors (Lipinski definition) is 0. The van der Waals surface area contributed by atoms with Gasteiger partial charge in [0.2, 0.25) is 0 Å². The topological polar surface area (TPSA) is 0 Å². The van der Waals surface area contributed by atoms with Crippen LogP contribution in [0.4, 0.5) is 0 Å². The van der Waals surface area contributed by atoms with Gasteiger partial charge in [0.05, 0.1) is 0 Å². The van der Waals surface area contributed by atoms with E-state index in [1.54, 1.807) is 0 Å². The summed E-state index contributed by atoms with van der Waals surface area (Å²) in [5.41, 5.74) is 4.09. The molecule has 8 heavy (non-hydrogen) atoms. The predicted octanol–water partition coefficient (Wildman–Crippen LogP) is 1.98. The third-order valence-corrected chi connectivity index (χ3v) is 1.39. The summed E-state index contributed by atoms with van der Waals surface area (Å²) < 4.78 is 0. The zero-order valence-corrected chi connectivity index (χ0v) is 4.52. The largest absolute Gasteiger partial charge is 0.0984 e. The second-order valence-corrected chi connectivity index (χ2v) is 2.01. The molecule has 0 aromatic carbocycles. The molecule has 2 aliphatic rings. The molecule has 0 bridgehead atoms. The summed E-state index contributed by atoms with van der Waals surface area (Å²) in [4.78, 5) is 0. The first-order valence-corrected chi connectivity index (χ1v) is 2.68. The van der Waals surface area contributed by atoms with E-state index < -0.39 is 0 Å². The smallest absolute Gasteiger partial charge is 0.0105 e. The highest BCUT2D eigenvalue weighted by Gasteiger charge is 2.18. The van der Waals surface area contributed by atoms with Gasteiger partial charge in [-0.25, -0.2) is 0 Å². The summed E-state index contributed by atoms with van der Waals surface area (Å²) in [5.74, 6) is 0. The van der Waals surface area contributed by atoms with Crippen LogP contribution < -0.4 is 0 Å². The van der Waals surface area contributed by atoms with Crippen LogP contribution in [0.25, 0.3) is 0 Å². The molecule has 0 aliphatic heterocycles. The molecule has 2 rings (SSSR count). The second kappa shape index (κ2) is 1.03. The highest BCUT2D eigenvalue weighted by Crippen LogP contribution is 2.37. The van der Waals surface area contributed by atoms with Gasteiger partial charge in [0.25, 0.3) is 0 Å². The van der Waals surface area contributed by atoms with Gasteiger partial charge in [0.1, 0.15) is 0 Å². The van der Waals surface area contributed by atoms with E-state index in [2.05, 4.69) is 24.8 Å². The predicted molar refractivity (Wildman–Crippen MR) is 34.4 cm³/mol. The summed E-state index contributed by atoms with van der Waals surface area (Å²) in [5, 5.41) is 0. The Bertz CT molecular complexity index is 229. The molecule has 0 amide bonds. The molecule has 0 spiro atoms. The molecule has 0 atom stereocenters. The normalized spacial score (nSPS) is 20.8. The Balaban J connectivity index is 2.22. The van der Waals surface area contributed by atoms with Crippen molar-refractivity contribution >= 4 is 0 Å². The molecule has 0 aromatic rings. The number of allylic oxidation sites excluding steroid dienone is 7. The van der Waals surface area contributed by atoms with E-state index in [4.69, 9.17) is 0 Å². The Morgan fingerprint density at radius 3 is 2.50 bits per heavy atom. The van der Waals surface area contributed by atoms with Gasteiger partial charge >= 0.3 is 0 Å². The Morgan fingerprint density at radius 2 is 2.12 bits per heavy atom. The molecule has 0 saturated carbocycles. The summed E-state index contributed by atoms with van der Waals surface area (Å²) in [6, 6.07) is 0. The first-order chi connectivity index (χ1) is 3.92. The van der Waals surface area contributed by atoms with Crippen LogP contribution in [-0.4, -0.2) is 0 Å². The van der Waals surface area contributed by atoms with Gasteiger partial charge in [-0.3, -0.25) is 0 Å². The van der Waals surface area contributed by atoms with Crippen LogP contribution in [0.5, 0.6) is 0 Å². The summed E-state index contributed by atoms with van der Waals surface area (Å²) in [7, 11) is 0. The lowest BCUT2D eigenvalue weighted by molar-refractivity contribution is 1.83. The molecule has 0 saturated heterocycles. The molecular formula is C8H6. The highest BCUT2D eigenvalue weighted by molar-refractivity contribution is 5.72. The fraction of sp³-hybridized carbons (Fsp3) is 0. The van der Waals surface area contributed by atoms with Gasteiger partial charge in [-0.05, 0) is 22.8 Å². The van der Waals surface area contributed by atoms with E-state index in [1.165, 1.54) is 16.7 Å². The lowest BCUT2D eigenvalue weighted by Gasteiger charge is -1.71. The minimum Gasteiger partial charge on any atom is -0.0984 e. The zero-order valence-electron chi connectivity index (χ0n) is 4.52. The van der Waals surface area contributed by atoms with Crippen molar-refractivity contribution < 1.29 is 0 Å². The monoisotopic (exact) mass is 102 g/mol. The summed E-state index contributed by atoms with van der Waals surface area (Å²) >= 11 is 0. The van der Waals surface area contributed by atoms with Crippen LogP contribution in [0.3, 0.4) is 0 Å². The highest BCUT2D eigenvalue weighted by atomic mass is 14.2. The van der Waals surface area contributed by atoms with Gasteiger partial charge in [-0.15, -0.1) is 0 Å². The van der Waals surface area contributed by atoms with Crippen molar-refractivity contribution in [3.63, 3.8) is 0 Å². The minimum absolute atomic E-state index is 1.31. The van der Waals surface area contributed by atoms with E-state index in [0.717, 1.165) is 0 Å². The third-order valence-electron chi connectivity index (χ3n) is 1.39. The van der Waals surface area contributed by atoms with Crippen molar-refractivity contribution in [2.75, 3.05) is 0 Å². The summed E-state index contributed by atoms with van der Waals surface area (Å²) in [6.45, 7) is 3.65. The molecule has 0 fully saturated rings. The SMILES string of the molecule is C=CC1=CC1=C1C=C1. The van der Waals surface area contributed by atoms with Gasteiger partial charge in [-0.1, -0.05) is 24.8 Å². The fourth-order valence-electron chi connectivity index (χ4n) is 0.760. The van der Waals surface area contributed by atoms with Crippen molar-refractivity contribution in [3.05, 3.63) is 47.6 Å². The number of hydrogen-bond acceptors (Lipinski definition) is 0. The van der Waals surface area contributed by atoms with E-state index in [1.807, 2.05) is 6.08 Å². The van der Waals surface area contributed by atoms with Gasteiger partial charge in [0, 0.05) is 0 Å². The van der Waals surface area contributed by atoms with Crippen LogP contribution in [0.15, 0.2) is 47.6 Å². The van der Waals surface area contributed by atoms with Crippen LogP contribution in [-0.2, 0) is 0 Å². The maximum absolute atomic E-state index is 3.65. The maximum Gasteiger partial charge on any atom is -0.0105 e. The average molecular weight is 102 g/mol. The molecule has 0 aromatic heterocycles. The van der Waals surface area contributed by atoms with Gasteiger partial charge in [-0.2, -0.15) is 0 Å².